The summed E-state index contributed by atoms with van der Waals surface area (Å²) in [5, 5.41) is 0. The number of carbonyl (C=O) groups is 1. The Morgan fingerprint density at radius 2 is 2.12 bits per heavy atom. The molecule has 132 valence electrons. The topological polar surface area (TPSA) is 75.3 Å². The first-order valence-corrected chi connectivity index (χ1v) is 8.57. The van der Waals surface area contributed by atoms with Crippen LogP contribution in [0.4, 0.5) is 0 Å². The third kappa shape index (κ3) is 4.07. The van der Waals surface area contributed by atoms with Gasteiger partial charge >= 0.3 is 0 Å². The van der Waals surface area contributed by atoms with Crippen LogP contribution in [0.2, 0.25) is 0 Å². The van der Waals surface area contributed by atoms with Crippen LogP contribution in [0.15, 0.2) is 35.1 Å². The van der Waals surface area contributed by atoms with Crippen molar-refractivity contribution < 1.29 is 9.53 Å². The van der Waals surface area contributed by atoms with Crippen molar-refractivity contribution in [2.45, 2.75) is 38.6 Å². The van der Waals surface area contributed by atoms with Crippen LogP contribution in [-0.4, -0.2) is 34.4 Å². The van der Waals surface area contributed by atoms with Crippen molar-refractivity contribution in [2.24, 2.45) is 0 Å². The molecule has 0 bridgehead atoms. The molecule has 1 atom stereocenters. The lowest BCUT2D eigenvalue weighted by atomic mass is 10.1. The monoisotopic (exact) mass is 341 g/mol. The fraction of sp³-hybridized carbons (Fsp3) is 0.421. The van der Waals surface area contributed by atoms with Crippen LogP contribution < -0.4 is 10.3 Å². The molecule has 0 saturated carbocycles. The van der Waals surface area contributed by atoms with Gasteiger partial charge in [0.1, 0.15) is 11.6 Å². The number of amides is 1. The van der Waals surface area contributed by atoms with Crippen molar-refractivity contribution in [1.82, 2.24) is 14.9 Å². The molecule has 0 radical (unpaired) electrons. The van der Waals surface area contributed by atoms with Gasteiger partial charge in [0.05, 0.1) is 13.2 Å². The van der Waals surface area contributed by atoms with E-state index in [1.165, 1.54) is 6.07 Å². The molecule has 1 aromatic carbocycles. The average Bonchev–Trinajstić information content (AvgIpc) is 3.09. The predicted molar refractivity (Wildman–Crippen MR) is 94.6 cm³/mol. The number of hydrogen-bond acceptors (Lipinski definition) is 4. The van der Waals surface area contributed by atoms with Crippen LogP contribution in [0.5, 0.6) is 5.75 Å². The number of methoxy groups -OCH3 is 1. The molecule has 6 nitrogen and oxygen atoms in total. The number of rotatable bonds is 5. The zero-order chi connectivity index (χ0) is 17.8. The molecule has 1 N–H and O–H groups in total. The summed E-state index contributed by atoms with van der Waals surface area (Å²) in [7, 11) is 1.63. The number of aromatic nitrogens is 2. The minimum atomic E-state index is -0.167. The first kappa shape index (κ1) is 17.2. The number of benzene rings is 1. The Labute approximate surface area is 146 Å². The largest absolute Gasteiger partial charge is 0.497 e. The van der Waals surface area contributed by atoms with Crippen LogP contribution >= 0.6 is 0 Å². The second kappa shape index (κ2) is 7.51. The number of carbonyl (C=O) groups excluding carboxylic acids is 1. The lowest BCUT2D eigenvalue weighted by Gasteiger charge is -2.24. The quantitative estimate of drug-likeness (QED) is 0.906. The van der Waals surface area contributed by atoms with Crippen LogP contribution in [0.1, 0.15) is 42.4 Å². The number of likely N-dealkylation sites (tertiary alicyclic amines) is 1. The molecule has 2 heterocycles. The smallest absolute Gasteiger partial charge is 0.251 e. The Balaban J connectivity index is 1.66. The van der Waals surface area contributed by atoms with E-state index in [9.17, 15) is 9.59 Å². The third-order valence-electron chi connectivity index (χ3n) is 4.56. The Morgan fingerprint density at radius 3 is 2.80 bits per heavy atom. The van der Waals surface area contributed by atoms with Gasteiger partial charge in [-0.1, -0.05) is 12.1 Å². The first-order valence-electron chi connectivity index (χ1n) is 8.57. The molecule has 1 aromatic heterocycles. The van der Waals surface area contributed by atoms with E-state index in [-0.39, 0.29) is 17.5 Å². The normalized spacial score (nSPS) is 16.9. The Hall–Kier alpha value is -2.63. The molecule has 25 heavy (non-hydrogen) atoms. The van der Waals surface area contributed by atoms with E-state index in [2.05, 4.69) is 9.97 Å². The van der Waals surface area contributed by atoms with Crippen molar-refractivity contribution in [1.29, 1.82) is 0 Å². The Kier molecular flexibility index (Phi) is 5.16. The van der Waals surface area contributed by atoms with Gasteiger partial charge in [-0.25, -0.2) is 4.98 Å². The molecule has 1 fully saturated rings. The van der Waals surface area contributed by atoms with Crippen LogP contribution in [0, 0.1) is 6.92 Å². The summed E-state index contributed by atoms with van der Waals surface area (Å²) in [6, 6.07) is 9.10. The van der Waals surface area contributed by atoms with E-state index in [1.807, 2.05) is 29.2 Å². The van der Waals surface area contributed by atoms with E-state index in [4.69, 9.17) is 4.74 Å². The summed E-state index contributed by atoms with van der Waals surface area (Å²) < 4.78 is 5.15. The van der Waals surface area contributed by atoms with Crippen LogP contribution in [0.25, 0.3) is 0 Å². The summed E-state index contributed by atoms with van der Waals surface area (Å²) in [5.41, 5.74) is 1.61. The summed E-state index contributed by atoms with van der Waals surface area (Å²) in [4.78, 5) is 33.4. The number of aromatic amines is 1. The maximum absolute atomic E-state index is 12.7. The number of nitrogens with one attached hydrogen (secondary N) is 1. The second-order valence-electron chi connectivity index (χ2n) is 6.37. The molecule has 1 unspecified atom stereocenters. The average molecular weight is 341 g/mol. The molecule has 6 heteroatoms. The summed E-state index contributed by atoms with van der Waals surface area (Å²) in [5.74, 6) is 1.51. The minimum absolute atomic E-state index is 0.0995. The third-order valence-corrected chi connectivity index (χ3v) is 4.56. The van der Waals surface area contributed by atoms with E-state index >= 15 is 0 Å². The molecule has 2 aromatic rings. The molecule has 0 aliphatic carbocycles. The fourth-order valence-electron chi connectivity index (χ4n) is 3.30. The maximum Gasteiger partial charge on any atom is 0.251 e. The molecule has 1 amide bonds. The van der Waals surface area contributed by atoms with E-state index in [0.29, 0.717) is 30.9 Å². The fourth-order valence-corrected chi connectivity index (χ4v) is 3.30. The van der Waals surface area contributed by atoms with Crippen molar-refractivity contribution in [3.05, 3.63) is 57.8 Å². The van der Waals surface area contributed by atoms with Crippen molar-refractivity contribution in [2.75, 3.05) is 13.7 Å². The molecule has 0 spiro atoms. The van der Waals surface area contributed by atoms with Crippen molar-refractivity contribution in [3.63, 3.8) is 0 Å². The van der Waals surface area contributed by atoms with E-state index < -0.39 is 0 Å². The van der Waals surface area contributed by atoms with Crippen LogP contribution in [0.3, 0.4) is 0 Å². The summed E-state index contributed by atoms with van der Waals surface area (Å²) in [6.45, 7) is 2.51. The highest BCUT2D eigenvalue weighted by atomic mass is 16.5. The number of H-pyrrole nitrogens is 1. The van der Waals surface area contributed by atoms with Crippen LogP contribution in [-0.2, 0) is 11.2 Å². The van der Waals surface area contributed by atoms with Gasteiger partial charge in [-0.05, 0) is 43.9 Å². The summed E-state index contributed by atoms with van der Waals surface area (Å²) >= 11 is 0. The lowest BCUT2D eigenvalue weighted by molar-refractivity contribution is -0.132. The van der Waals surface area contributed by atoms with Gasteiger partial charge in [-0.15, -0.1) is 0 Å². The zero-order valence-electron chi connectivity index (χ0n) is 14.6. The Morgan fingerprint density at radius 1 is 1.36 bits per heavy atom. The van der Waals surface area contributed by atoms with Gasteiger partial charge in [-0.3, -0.25) is 9.59 Å². The second-order valence-corrected chi connectivity index (χ2v) is 6.37. The van der Waals surface area contributed by atoms with E-state index in [0.717, 1.165) is 24.2 Å². The zero-order valence-corrected chi connectivity index (χ0v) is 14.6. The number of ether oxygens (including phenoxy) is 1. The van der Waals surface area contributed by atoms with Gasteiger partial charge in [0, 0.05) is 24.7 Å². The van der Waals surface area contributed by atoms with Gasteiger partial charge in [0.25, 0.3) is 5.56 Å². The molecule has 3 rings (SSSR count). The molecule has 1 aliphatic rings. The van der Waals surface area contributed by atoms with Gasteiger partial charge in [0.15, 0.2) is 0 Å². The van der Waals surface area contributed by atoms with Gasteiger partial charge in [-0.2, -0.15) is 0 Å². The number of aryl methyl sites for hydroxylation is 2. The summed E-state index contributed by atoms with van der Waals surface area (Å²) in [6.07, 6.45) is 2.89. The van der Waals surface area contributed by atoms with Gasteiger partial charge in [0.2, 0.25) is 5.91 Å². The highest BCUT2D eigenvalue weighted by Gasteiger charge is 2.31. The predicted octanol–water partition coefficient (Wildman–Crippen LogP) is 2.38. The number of hydrogen-bond donors (Lipinski definition) is 1. The first-order chi connectivity index (χ1) is 12.1. The lowest BCUT2D eigenvalue weighted by Crippen LogP contribution is -2.32. The molecule has 1 saturated heterocycles. The molecular weight excluding hydrogens is 318 g/mol. The minimum Gasteiger partial charge on any atom is -0.497 e. The van der Waals surface area contributed by atoms with Gasteiger partial charge < -0.3 is 14.6 Å². The van der Waals surface area contributed by atoms with E-state index in [1.54, 1.807) is 14.0 Å². The number of nitrogens with zero attached hydrogens (tertiary/aromatic N) is 2. The van der Waals surface area contributed by atoms with Crippen molar-refractivity contribution in [3.8, 4) is 5.75 Å². The molecular formula is C19H23N3O3. The molecule has 1 aliphatic heterocycles. The SMILES string of the molecule is COc1ccc(CCC(=O)N2CCCC2c2nc(C)cc(=O)[nH]2)cc1. The highest BCUT2D eigenvalue weighted by Crippen LogP contribution is 2.30. The highest BCUT2D eigenvalue weighted by molar-refractivity contribution is 5.77. The Bertz CT molecular complexity index is 798. The van der Waals surface area contributed by atoms with Crippen molar-refractivity contribution >= 4 is 5.91 Å². The maximum atomic E-state index is 12.7. The standard InChI is InChI=1S/C19H23N3O3/c1-13-12-17(23)21-19(20-13)16-4-3-11-22(16)18(24)10-7-14-5-8-15(25-2)9-6-14/h5-6,8-9,12,16H,3-4,7,10-11H2,1-2H3,(H,20,21,23).